The van der Waals surface area contributed by atoms with Gasteiger partial charge in [-0.2, -0.15) is 0 Å². The van der Waals surface area contributed by atoms with Crippen molar-refractivity contribution in [1.82, 2.24) is 0 Å². The van der Waals surface area contributed by atoms with Gasteiger partial charge in [0.1, 0.15) is 5.82 Å². The van der Waals surface area contributed by atoms with Crippen LogP contribution in [0.3, 0.4) is 0 Å². The predicted octanol–water partition coefficient (Wildman–Crippen LogP) is 3.06. The van der Waals surface area contributed by atoms with E-state index in [0.717, 1.165) is 6.07 Å². The van der Waals surface area contributed by atoms with Gasteiger partial charge in [0.25, 0.3) is 5.69 Å². The molecule has 0 N–H and O–H groups in total. The van der Waals surface area contributed by atoms with Crippen molar-refractivity contribution in [3.8, 4) is 0 Å². The summed E-state index contributed by atoms with van der Waals surface area (Å²) in [7, 11) is 0. The maximum atomic E-state index is 12.9. The molecule has 0 aromatic heterocycles. The highest BCUT2D eigenvalue weighted by atomic mass is 35.5. The van der Waals surface area contributed by atoms with Crippen molar-refractivity contribution in [3.05, 3.63) is 34.1 Å². The number of nitrogens with zero attached hydrogens (tertiary/aromatic N) is 1. The summed E-state index contributed by atoms with van der Waals surface area (Å²) in [6.45, 7) is 0. The third-order valence-electron chi connectivity index (χ3n) is 1.41. The highest BCUT2D eigenvalue weighted by molar-refractivity contribution is 7.99. The molecule has 3 nitrogen and oxygen atoms in total. The number of nitro benzene ring substituents is 1. The minimum atomic E-state index is -0.617. The third kappa shape index (κ3) is 3.16. The molecule has 6 heteroatoms. The number of non-ortho nitro benzene ring substituents is 1. The molecule has 76 valence electrons. The Hall–Kier alpha value is -0.810. The number of hydrogen-bond acceptors (Lipinski definition) is 3. The van der Waals surface area contributed by atoms with Gasteiger partial charge in [0, 0.05) is 22.6 Å². The molecule has 1 aromatic rings. The largest absolute Gasteiger partial charge is 0.273 e. The van der Waals surface area contributed by atoms with Gasteiger partial charge >= 0.3 is 0 Å². The molecule has 0 bridgehead atoms. The van der Waals surface area contributed by atoms with E-state index in [0.29, 0.717) is 16.5 Å². The average Bonchev–Trinajstić information content (AvgIpc) is 2.14. The van der Waals surface area contributed by atoms with E-state index in [-0.39, 0.29) is 5.69 Å². The standard InChI is InChI=1S/C8H7ClFNO2S/c9-1-2-14-8-4-6(10)3-7(5-8)11(12)13/h3-5H,1-2H2. The van der Waals surface area contributed by atoms with Crippen molar-refractivity contribution in [2.75, 3.05) is 11.6 Å². The summed E-state index contributed by atoms with van der Waals surface area (Å²) >= 11 is 6.73. The molecule has 0 radical (unpaired) electrons. The van der Waals surface area contributed by atoms with Gasteiger partial charge < -0.3 is 0 Å². The van der Waals surface area contributed by atoms with Crippen molar-refractivity contribution in [2.45, 2.75) is 4.90 Å². The first kappa shape index (κ1) is 11.3. The Bertz CT molecular complexity index is 348. The van der Waals surface area contributed by atoms with Gasteiger partial charge in [-0.3, -0.25) is 10.1 Å². The fraction of sp³-hybridized carbons (Fsp3) is 0.250. The lowest BCUT2D eigenvalue weighted by Crippen LogP contribution is -1.90. The zero-order valence-corrected chi connectivity index (χ0v) is 8.65. The molecule has 0 aliphatic carbocycles. The van der Waals surface area contributed by atoms with E-state index < -0.39 is 10.7 Å². The molecule has 0 saturated heterocycles. The molecule has 1 rings (SSSR count). The van der Waals surface area contributed by atoms with Gasteiger partial charge in [-0.25, -0.2) is 4.39 Å². The first-order valence-corrected chi connectivity index (χ1v) is 5.29. The highest BCUT2D eigenvalue weighted by Crippen LogP contribution is 2.24. The van der Waals surface area contributed by atoms with Crippen molar-refractivity contribution in [3.63, 3.8) is 0 Å². The van der Waals surface area contributed by atoms with E-state index in [1.807, 2.05) is 0 Å². The zero-order chi connectivity index (χ0) is 10.6. The third-order valence-corrected chi connectivity index (χ3v) is 2.80. The number of halogens is 2. The Morgan fingerprint density at radius 2 is 2.21 bits per heavy atom. The molecule has 0 fully saturated rings. The van der Waals surface area contributed by atoms with Crippen molar-refractivity contribution in [1.29, 1.82) is 0 Å². The fourth-order valence-corrected chi connectivity index (χ4v) is 1.84. The van der Waals surface area contributed by atoms with Crippen LogP contribution in [0.5, 0.6) is 0 Å². The molecule has 0 aliphatic heterocycles. The van der Waals surface area contributed by atoms with Crippen LogP contribution in [-0.2, 0) is 0 Å². The summed E-state index contributed by atoms with van der Waals surface area (Å²) < 4.78 is 12.9. The summed E-state index contributed by atoms with van der Waals surface area (Å²) in [5, 5.41) is 10.4. The normalized spacial score (nSPS) is 10.1. The van der Waals surface area contributed by atoms with E-state index >= 15 is 0 Å². The van der Waals surface area contributed by atoms with Crippen molar-refractivity contribution >= 4 is 29.1 Å². The maximum Gasteiger partial charge on any atom is 0.273 e. The Kier molecular flexibility index (Phi) is 4.16. The topological polar surface area (TPSA) is 43.1 Å². The van der Waals surface area contributed by atoms with Crippen LogP contribution in [0, 0.1) is 15.9 Å². The van der Waals surface area contributed by atoms with Crippen LogP contribution in [0.1, 0.15) is 0 Å². The van der Waals surface area contributed by atoms with Gasteiger partial charge in [-0.15, -0.1) is 23.4 Å². The second-order valence-electron chi connectivity index (χ2n) is 2.44. The minimum Gasteiger partial charge on any atom is -0.258 e. The van der Waals surface area contributed by atoms with E-state index in [1.165, 1.54) is 23.9 Å². The monoisotopic (exact) mass is 235 g/mol. The van der Waals surface area contributed by atoms with Gasteiger partial charge in [0.15, 0.2) is 0 Å². The Morgan fingerprint density at radius 1 is 1.50 bits per heavy atom. The minimum absolute atomic E-state index is 0.234. The Labute approximate surface area is 89.4 Å². The predicted molar refractivity (Wildman–Crippen MR) is 54.5 cm³/mol. The summed E-state index contributed by atoms with van der Waals surface area (Å²) in [5.41, 5.74) is -0.234. The molecule has 0 heterocycles. The molecule has 0 aliphatic rings. The Balaban J connectivity index is 2.89. The number of nitro groups is 1. The molecule has 14 heavy (non-hydrogen) atoms. The molecular formula is C8H7ClFNO2S. The number of rotatable bonds is 4. The smallest absolute Gasteiger partial charge is 0.258 e. The lowest BCUT2D eigenvalue weighted by Gasteiger charge is -1.99. The lowest BCUT2D eigenvalue weighted by atomic mass is 10.3. The van der Waals surface area contributed by atoms with Gasteiger partial charge in [-0.1, -0.05) is 0 Å². The van der Waals surface area contributed by atoms with Crippen LogP contribution in [-0.4, -0.2) is 16.6 Å². The van der Waals surface area contributed by atoms with Crippen LogP contribution in [0.2, 0.25) is 0 Å². The first-order chi connectivity index (χ1) is 6.63. The molecule has 0 amide bonds. The number of hydrogen-bond donors (Lipinski definition) is 0. The lowest BCUT2D eigenvalue weighted by molar-refractivity contribution is -0.385. The Morgan fingerprint density at radius 3 is 2.79 bits per heavy atom. The van der Waals surface area contributed by atoms with Crippen LogP contribution in [0.25, 0.3) is 0 Å². The summed E-state index contributed by atoms with van der Waals surface area (Å²) in [6.07, 6.45) is 0. The first-order valence-electron chi connectivity index (χ1n) is 3.77. The maximum absolute atomic E-state index is 12.9. The van der Waals surface area contributed by atoms with Crippen LogP contribution >= 0.6 is 23.4 Å². The average molecular weight is 236 g/mol. The van der Waals surface area contributed by atoms with Crippen LogP contribution in [0.4, 0.5) is 10.1 Å². The number of thioether (sulfide) groups is 1. The number of benzene rings is 1. The van der Waals surface area contributed by atoms with Crippen LogP contribution in [0.15, 0.2) is 23.1 Å². The summed E-state index contributed by atoms with van der Waals surface area (Å²) in [4.78, 5) is 10.3. The number of alkyl halides is 1. The fourth-order valence-electron chi connectivity index (χ4n) is 0.893. The van der Waals surface area contributed by atoms with E-state index in [4.69, 9.17) is 11.6 Å². The van der Waals surface area contributed by atoms with Gasteiger partial charge in [-0.05, 0) is 6.07 Å². The van der Waals surface area contributed by atoms with E-state index in [2.05, 4.69) is 0 Å². The molecule has 1 aromatic carbocycles. The SMILES string of the molecule is O=[N+]([O-])c1cc(F)cc(SCCCl)c1. The van der Waals surface area contributed by atoms with Gasteiger partial charge in [0.2, 0.25) is 0 Å². The second-order valence-corrected chi connectivity index (χ2v) is 3.99. The molecular weight excluding hydrogens is 229 g/mol. The van der Waals surface area contributed by atoms with Crippen molar-refractivity contribution < 1.29 is 9.31 Å². The zero-order valence-electron chi connectivity index (χ0n) is 7.07. The highest BCUT2D eigenvalue weighted by Gasteiger charge is 2.09. The van der Waals surface area contributed by atoms with E-state index in [9.17, 15) is 14.5 Å². The van der Waals surface area contributed by atoms with E-state index in [1.54, 1.807) is 0 Å². The summed E-state index contributed by atoms with van der Waals surface area (Å²) in [5.74, 6) is 0.424. The molecule has 0 saturated carbocycles. The van der Waals surface area contributed by atoms with Crippen molar-refractivity contribution in [2.24, 2.45) is 0 Å². The van der Waals surface area contributed by atoms with Gasteiger partial charge in [0.05, 0.1) is 11.0 Å². The molecule has 0 unspecified atom stereocenters. The van der Waals surface area contributed by atoms with Crippen LogP contribution < -0.4 is 0 Å². The summed E-state index contributed by atoms with van der Waals surface area (Å²) in [6, 6.07) is 3.48. The second kappa shape index (κ2) is 5.17. The molecule has 0 atom stereocenters. The molecule has 0 spiro atoms. The quantitative estimate of drug-likeness (QED) is 0.349.